The first-order valence-electron chi connectivity index (χ1n) is 12.1. The van der Waals surface area contributed by atoms with Crippen LogP contribution in [-0.2, 0) is 6.18 Å². The lowest BCUT2D eigenvalue weighted by molar-refractivity contribution is -0.274. The van der Waals surface area contributed by atoms with E-state index in [1.807, 2.05) is 13.8 Å². The van der Waals surface area contributed by atoms with Crippen LogP contribution in [0.25, 0.3) is 10.6 Å². The molecule has 0 fully saturated rings. The van der Waals surface area contributed by atoms with Gasteiger partial charge in [0.1, 0.15) is 33.8 Å². The van der Waals surface area contributed by atoms with Crippen LogP contribution in [0.15, 0.2) is 42.5 Å². The number of hydrogen-bond donors (Lipinski definition) is 1. The quantitative estimate of drug-likeness (QED) is 0.241. The van der Waals surface area contributed by atoms with Crippen molar-refractivity contribution < 1.29 is 45.0 Å². The maximum absolute atomic E-state index is 14.1. The van der Waals surface area contributed by atoms with Gasteiger partial charge >= 0.3 is 12.5 Å². The van der Waals surface area contributed by atoms with Crippen molar-refractivity contribution in [2.75, 3.05) is 26.2 Å². The molecule has 218 valence electrons. The van der Waals surface area contributed by atoms with Gasteiger partial charge in [0.15, 0.2) is 5.69 Å². The van der Waals surface area contributed by atoms with Crippen molar-refractivity contribution in [3.63, 3.8) is 0 Å². The summed E-state index contributed by atoms with van der Waals surface area (Å²) in [6, 6.07) is 7.03. The Morgan fingerprint density at radius 3 is 2.40 bits per heavy atom. The number of benzene rings is 2. The van der Waals surface area contributed by atoms with Crippen LogP contribution in [0.2, 0.25) is 0 Å². The van der Waals surface area contributed by atoms with E-state index in [-0.39, 0.29) is 28.5 Å². The van der Waals surface area contributed by atoms with E-state index in [9.17, 15) is 35.5 Å². The van der Waals surface area contributed by atoms with E-state index in [2.05, 4.69) is 19.9 Å². The molecule has 0 saturated carbocycles. The summed E-state index contributed by atoms with van der Waals surface area (Å²) in [7, 11) is 0. The molecule has 0 saturated heterocycles. The maximum Gasteiger partial charge on any atom is 0.573 e. The maximum atomic E-state index is 14.1. The van der Waals surface area contributed by atoms with Gasteiger partial charge < -0.3 is 19.7 Å². The number of carbonyl (C=O) groups excluding carboxylic acids is 1. The molecule has 1 N–H and O–H groups in total. The number of alkyl halides is 6. The largest absolute Gasteiger partial charge is 0.573 e. The van der Waals surface area contributed by atoms with E-state index < -0.39 is 46.6 Å². The van der Waals surface area contributed by atoms with Gasteiger partial charge in [0.25, 0.3) is 5.91 Å². The van der Waals surface area contributed by atoms with Crippen LogP contribution in [-0.4, -0.2) is 48.4 Å². The molecule has 1 amide bonds. The van der Waals surface area contributed by atoms with Gasteiger partial charge in [-0.1, -0.05) is 26.0 Å². The average Bonchev–Trinajstić information content (AvgIpc) is 3.33. The molecule has 0 unspecified atom stereocenters. The van der Waals surface area contributed by atoms with Crippen LogP contribution >= 0.6 is 11.3 Å². The molecule has 0 aliphatic rings. The Kier molecular flexibility index (Phi) is 10.0. The third-order valence-electron chi connectivity index (χ3n) is 5.77. The first kappa shape index (κ1) is 31.1. The molecule has 3 rings (SSSR count). The predicted molar refractivity (Wildman–Crippen MR) is 135 cm³/mol. The molecule has 1 heterocycles. The summed E-state index contributed by atoms with van der Waals surface area (Å²) in [5, 5.41) is 2.06. The van der Waals surface area contributed by atoms with E-state index >= 15 is 0 Å². The van der Waals surface area contributed by atoms with Crippen molar-refractivity contribution in [1.29, 1.82) is 0 Å². The summed E-state index contributed by atoms with van der Waals surface area (Å²) in [6.07, 6.45) is -9.97. The summed E-state index contributed by atoms with van der Waals surface area (Å²) in [6.45, 7) is 7.52. The second kappa shape index (κ2) is 12.9. The molecule has 14 heteroatoms. The van der Waals surface area contributed by atoms with Crippen molar-refractivity contribution in [3.05, 3.63) is 64.4 Å². The van der Waals surface area contributed by atoms with E-state index in [1.165, 1.54) is 25.1 Å². The molecule has 0 aliphatic carbocycles. The summed E-state index contributed by atoms with van der Waals surface area (Å²) < 4.78 is 103. The van der Waals surface area contributed by atoms with Crippen molar-refractivity contribution >= 4 is 17.2 Å². The van der Waals surface area contributed by atoms with Crippen molar-refractivity contribution in [2.24, 2.45) is 0 Å². The zero-order valence-corrected chi connectivity index (χ0v) is 22.4. The van der Waals surface area contributed by atoms with Crippen LogP contribution in [0, 0.1) is 5.82 Å². The first-order valence-corrected chi connectivity index (χ1v) is 12.9. The van der Waals surface area contributed by atoms with Gasteiger partial charge in [-0.3, -0.25) is 4.79 Å². The Hall–Kier alpha value is -3.39. The number of hydrogen-bond acceptors (Lipinski definition) is 6. The molecule has 40 heavy (non-hydrogen) atoms. The Labute approximate surface area is 229 Å². The van der Waals surface area contributed by atoms with Crippen molar-refractivity contribution in [1.82, 2.24) is 15.2 Å². The normalized spacial score (nSPS) is 12.9. The van der Waals surface area contributed by atoms with E-state index in [0.717, 1.165) is 37.4 Å². The minimum absolute atomic E-state index is 0.0563. The van der Waals surface area contributed by atoms with Gasteiger partial charge in [-0.2, -0.15) is 13.2 Å². The molecule has 6 nitrogen and oxygen atoms in total. The zero-order valence-electron chi connectivity index (χ0n) is 21.6. The number of amides is 1. The minimum atomic E-state index is -5.03. The second-order valence-electron chi connectivity index (χ2n) is 8.53. The highest BCUT2D eigenvalue weighted by atomic mass is 32.1. The van der Waals surface area contributed by atoms with Gasteiger partial charge in [0.2, 0.25) is 0 Å². The third-order valence-corrected chi connectivity index (χ3v) is 6.86. The van der Waals surface area contributed by atoms with E-state index in [1.54, 1.807) is 0 Å². The number of thiazole rings is 1. The van der Waals surface area contributed by atoms with Crippen molar-refractivity contribution in [3.8, 4) is 22.1 Å². The van der Waals surface area contributed by atoms with Gasteiger partial charge in [-0.25, -0.2) is 9.37 Å². The molecule has 0 radical (unpaired) electrons. The molecule has 1 atom stereocenters. The predicted octanol–water partition coefficient (Wildman–Crippen LogP) is 7.08. The molecule has 0 aliphatic heterocycles. The number of nitrogens with one attached hydrogen (secondary N) is 1. The van der Waals surface area contributed by atoms with Crippen LogP contribution in [0.4, 0.5) is 30.7 Å². The zero-order chi connectivity index (χ0) is 29.7. The highest BCUT2D eigenvalue weighted by molar-refractivity contribution is 7.17. The number of rotatable bonds is 11. The highest BCUT2D eigenvalue weighted by Crippen LogP contribution is 2.41. The molecule has 0 spiro atoms. The minimum Gasteiger partial charge on any atom is -0.492 e. The smallest absolute Gasteiger partial charge is 0.492 e. The van der Waals surface area contributed by atoms with Crippen molar-refractivity contribution in [2.45, 2.75) is 39.4 Å². The summed E-state index contributed by atoms with van der Waals surface area (Å²) in [4.78, 5) is 17.8. The molecular weight excluding hydrogens is 567 g/mol. The number of aromatic nitrogens is 1. The topological polar surface area (TPSA) is 63.7 Å². The highest BCUT2D eigenvalue weighted by Gasteiger charge is 2.40. The fraction of sp³-hybridized carbons (Fsp3) is 0.385. The number of likely N-dealkylation sites (N-methyl/N-ethyl adjacent to an activating group) is 1. The average molecular weight is 594 g/mol. The lowest BCUT2D eigenvalue weighted by Crippen LogP contribution is -2.28. The monoisotopic (exact) mass is 593 g/mol. The fourth-order valence-corrected chi connectivity index (χ4v) is 4.74. The van der Waals surface area contributed by atoms with Crippen LogP contribution < -0.4 is 14.8 Å². The number of halogens is 7. The third kappa shape index (κ3) is 8.31. The Morgan fingerprint density at radius 2 is 1.77 bits per heavy atom. The number of carbonyl (C=O) groups is 1. The number of ether oxygens (including phenoxy) is 2. The summed E-state index contributed by atoms with van der Waals surface area (Å²) >= 11 is 0.394. The number of nitrogens with zero attached hydrogens (tertiary/aromatic N) is 2. The Bertz CT molecular complexity index is 1310. The lowest BCUT2D eigenvalue weighted by Gasteiger charge is -2.18. The van der Waals surface area contributed by atoms with Gasteiger partial charge in [-0.15, -0.1) is 24.5 Å². The molecule has 1 aromatic heterocycles. The standard InChI is InChI=1S/C26H26F7N3O3S/c1-4-36(5-2)11-12-38-20-10-9-17(27)14-19(20)24-35-22(25(28,29)30)21(40-24)23(37)34-15(3)16-7-6-8-18(13-16)39-26(31,32)33/h6-10,13-15H,4-5,11-12H2,1-3H3,(H,34,37)/t15-/m0/s1. The Balaban J connectivity index is 1.90. The Morgan fingerprint density at radius 1 is 1.07 bits per heavy atom. The molecule has 3 aromatic rings. The fourth-order valence-electron chi connectivity index (χ4n) is 3.73. The second-order valence-corrected chi connectivity index (χ2v) is 9.52. The van der Waals surface area contributed by atoms with Crippen LogP contribution in [0.3, 0.4) is 0 Å². The molecule has 2 aromatic carbocycles. The van der Waals surface area contributed by atoms with Crippen LogP contribution in [0.5, 0.6) is 11.5 Å². The van der Waals surface area contributed by atoms with Gasteiger partial charge in [-0.05, 0) is 55.9 Å². The van der Waals surface area contributed by atoms with Gasteiger partial charge in [0.05, 0.1) is 11.6 Å². The summed E-state index contributed by atoms with van der Waals surface area (Å²) in [5.74, 6) is -2.36. The van der Waals surface area contributed by atoms with E-state index in [0.29, 0.717) is 17.9 Å². The molecule has 0 bridgehead atoms. The van der Waals surface area contributed by atoms with Gasteiger partial charge in [0, 0.05) is 6.54 Å². The van der Waals surface area contributed by atoms with Crippen LogP contribution in [0.1, 0.15) is 47.7 Å². The molecular formula is C26H26F7N3O3S. The first-order chi connectivity index (χ1) is 18.7. The van der Waals surface area contributed by atoms with E-state index in [4.69, 9.17) is 4.74 Å². The SMILES string of the molecule is CCN(CC)CCOc1ccc(F)cc1-c1nc(C(F)(F)F)c(C(=O)N[C@@H](C)c2cccc(OC(F)(F)F)c2)s1. The summed E-state index contributed by atoms with van der Waals surface area (Å²) in [5.41, 5.74) is -1.38. The lowest BCUT2D eigenvalue weighted by atomic mass is 10.1.